The quantitative estimate of drug-likeness (QED) is 0.651. The Kier molecular flexibility index (Phi) is 4.22. The number of sulfone groups is 1. The molecule has 0 radical (unpaired) electrons. The summed E-state index contributed by atoms with van der Waals surface area (Å²) in [5.41, 5.74) is 0.938. The number of ether oxygens (including phenoxy) is 1. The van der Waals surface area contributed by atoms with Crippen molar-refractivity contribution in [1.82, 2.24) is 14.5 Å². The Hall–Kier alpha value is -2.55. The van der Waals surface area contributed by atoms with Gasteiger partial charge in [0.15, 0.2) is 9.84 Å². The number of pyridine rings is 1. The minimum atomic E-state index is -3.73. The molecule has 0 amide bonds. The number of rotatable bonds is 3. The van der Waals surface area contributed by atoms with Gasteiger partial charge in [0.25, 0.3) is 0 Å². The number of benzene rings is 1. The highest BCUT2D eigenvalue weighted by Gasteiger charge is 2.34. The zero-order valence-electron chi connectivity index (χ0n) is 14.6. The summed E-state index contributed by atoms with van der Waals surface area (Å²) in [6.45, 7) is 4.74. The largest absolute Gasteiger partial charge is 0.495 e. The highest BCUT2D eigenvalue weighted by molar-refractivity contribution is 7.92. The van der Waals surface area contributed by atoms with E-state index in [9.17, 15) is 17.2 Å². The van der Waals surface area contributed by atoms with E-state index in [0.717, 1.165) is 12.1 Å². The first-order valence-electron chi connectivity index (χ1n) is 7.68. The van der Waals surface area contributed by atoms with Crippen molar-refractivity contribution in [2.45, 2.75) is 30.4 Å². The summed E-state index contributed by atoms with van der Waals surface area (Å²) in [6.07, 6.45) is 1.35. The minimum Gasteiger partial charge on any atom is -0.495 e. The van der Waals surface area contributed by atoms with Gasteiger partial charge >= 0.3 is 0 Å². The molecule has 3 aromatic rings. The molecule has 0 atom stereocenters. The van der Waals surface area contributed by atoms with E-state index in [1.54, 1.807) is 20.8 Å². The van der Waals surface area contributed by atoms with Crippen molar-refractivity contribution in [2.24, 2.45) is 0 Å². The molecule has 0 aliphatic rings. The lowest BCUT2D eigenvalue weighted by molar-refractivity contribution is 0.402. The molecule has 0 spiro atoms. The Bertz CT molecular complexity index is 1080. The van der Waals surface area contributed by atoms with Gasteiger partial charge in [-0.1, -0.05) is 0 Å². The van der Waals surface area contributed by atoms with Crippen molar-refractivity contribution >= 4 is 20.9 Å². The van der Waals surface area contributed by atoms with Crippen LogP contribution in [-0.4, -0.2) is 34.8 Å². The minimum absolute atomic E-state index is 0.0169. The summed E-state index contributed by atoms with van der Waals surface area (Å²) in [5.74, 6) is -1.82. The third-order valence-electron chi connectivity index (χ3n) is 3.95. The molecule has 0 saturated carbocycles. The first-order valence-corrected chi connectivity index (χ1v) is 9.16. The summed E-state index contributed by atoms with van der Waals surface area (Å²) >= 11 is 0. The fraction of sp³-hybridized carbons (Fsp3) is 0.294. The van der Waals surface area contributed by atoms with Crippen molar-refractivity contribution < 1.29 is 21.9 Å². The molecule has 1 aromatic carbocycles. The Labute approximate surface area is 149 Å². The van der Waals surface area contributed by atoms with Gasteiger partial charge in [0.1, 0.15) is 17.0 Å². The maximum absolute atomic E-state index is 13.5. The Morgan fingerprint density at radius 2 is 1.69 bits per heavy atom. The van der Waals surface area contributed by atoms with Crippen LogP contribution >= 0.6 is 0 Å². The van der Waals surface area contributed by atoms with Crippen LogP contribution in [0.15, 0.2) is 35.5 Å². The van der Waals surface area contributed by atoms with Crippen molar-refractivity contribution in [3.63, 3.8) is 0 Å². The lowest BCUT2D eigenvalue weighted by Gasteiger charge is -2.21. The molecular weight excluding hydrogens is 364 g/mol. The SMILES string of the molecule is COc1cc2ncn(-c3cc(F)nc(F)c3)c2cc1S(=O)(=O)C(C)(C)C. The molecule has 0 saturated heterocycles. The average Bonchev–Trinajstić information content (AvgIpc) is 2.94. The van der Waals surface area contributed by atoms with Crippen LogP contribution in [0, 0.1) is 11.9 Å². The van der Waals surface area contributed by atoms with Crippen LogP contribution in [0.5, 0.6) is 5.75 Å². The average molecular weight is 381 g/mol. The number of imidazole rings is 1. The van der Waals surface area contributed by atoms with Gasteiger partial charge in [0, 0.05) is 18.2 Å². The van der Waals surface area contributed by atoms with Gasteiger partial charge in [-0.3, -0.25) is 4.57 Å². The number of hydrogen-bond donors (Lipinski definition) is 0. The summed E-state index contributed by atoms with van der Waals surface area (Å²) in [5, 5.41) is 0. The first-order chi connectivity index (χ1) is 12.0. The molecular formula is C17H17F2N3O3S. The van der Waals surface area contributed by atoms with Gasteiger partial charge in [-0.15, -0.1) is 0 Å². The Balaban J connectivity index is 2.32. The maximum Gasteiger partial charge on any atom is 0.217 e. The van der Waals surface area contributed by atoms with Gasteiger partial charge in [0.05, 0.1) is 28.6 Å². The number of methoxy groups -OCH3 is 1. The second-order valence-corrected chi connectivity index (χ2v) is 9.36. The number of fused-ring (bicyclic) bond motifs is 1. The summed E-state index contributed by atoms with van der Waals surface area (Å²) in [7, 11) is -2.36. The smallest absolute Gasteiger partial charge is 0.217 e. The standard InChI is InChI=1S/C17H17F2N3O3S/c1-17(2,3)26(23,24)14-8-12-11(7-13(14)25-4)20-9-22(12)10-5-15(18)21-16(19)6-10/h5-9H,1-4H3. The topological polar surface area (TPSA) is 74.1 Å². The molecule has 0 bridgehead atoms. The van der Waals surface area contributed by atoms with Gasteiger partial charge in [-0.25, -0.2) is 13.4 Å². The molecule has 9 heteroatoms. The van der Waals surface area contributed by atoms with Crippen LogP contribution in [0.1, 0.15) is 20.8 Å². The van der Waals surface area contributed by atoms with E-state index >= 15 is 0 Å². The zero-order valence-corrected chi connectivity index (χ0v) is 15.4. The van der Waals surface area contributed by atoms with Gasteiger partial charge < -0.3 is 4.74 Å². The van der Waals surface area contributed by atoms with E-state index in [4.69, 9.17) is 4.74 Å². The predicted octanol–water partition coefficient (Wildman–Crippen LogP) is 3.28. The Morgan fingerprint density at radius 3 is 2.23 bits per heavy atom. The van der Waals surface area contributed by atoms with Gasteiger partial charge in [-0.05, 0) is 26.8 Å². The third kappa shape index (κ3) is 2.92. The third-order valence-corrected chi connectivity index (χ3v) is 6.46. The fourth-order valence-corrected chi connectivity index (χ4v) is 3.85. The molecule has 0 N–H and O–H groups in total. The number of aromatic nitrogens is 3. The molecule has 26 heavy (non-hydrogen) atoms. The number of nitrogens with zero attached hydrogens (tertiary/aromatic N) is 3. The van der Waals surface area contributed by atoms with Gasteiger partial charge in [0.2, 0.25) is 11.9 Å². The zero-order chi connectivity index (χ0) is 19.3. The van der Waals surface area contributed by atoms with Crippen LogP contribution < -0.4 is 4.74 Å². The molecule has 2 aromatic heterocycles. The van der Waals surface area contributed by atoms with E-state index in [1.807, 2.05) is 0 Å². The summed E-state index contributed by atoms with van der Waals surface area (Å²) in [6, 6.07) is 4.95. The van der Waals surface area contributed by atoms with Crippen molar-refractivity contribution in [3.8, 4) is 11.4 Å². The van der Waals surface area contributed by atoms with E-state index in [2.05, 4.69) is 9.97 Å². The van der Waals surface area contributed by atoms with Crippen LogP contribution in [-0.2, 0) is 9.84 Å². The molecule has 0 aliphatic carbocycles. The molecule has 0 unspecified atom stereocenters. The van der Waals surface area contributed by atoms with Crippen LogP contribution in [0.4, 0.5) is 8.78 Å². The van der Waals surface area contributed by atoms with Crippen LogP contribution in [0.2, 0.25) is 0 Å². The molecule has 138 valence electrons. The maximum atomic E-state index is 13.5. The van der Waals surface area contributed by atoms with Crippen molar-refractivity contribution in [2.75, 3.05) is 7.11 Å². The second-order valence-electron chi connectivity index (χ2n) is 6.69. The molecule has 2 heterocycles. The molecule has 0 fully saturated rings. The summed E-state index contributed by atoms with van der Waals surface area (Å²) in [4.78, 5) is 7.21. The fourth-order valence-electron chi connectivity index (χ4n) is 2.51. The molecule has 3 rings (SSSR count). The van der Waals surface area contributed by atoms with Crippen LogP contribution in [0.25, 0.3) is 16.7 Å². The van der Waals surface area contributed by atoms with Crippen molar-refractivity contribution in [3.05, 3.63) is 42.5 Å². The van der Waals surface area contributed by atoms with E-state index in [1.165, 1.54) is 30.1 Å². The second kappa shape index (κ2) is 6.01. The van der Waals surface area contributed by atoms with E-state index < -0.39 is 26.5 Å². The Morgan fingerprint density at radius 1 is 1.08 bits per heavy atom. The lowest BCUT2D eigenvalue weighted by Crippen LogP contribution is -2.28. The van der Waals surface area contributed by atoms with E-state index in [-0.39, 0.29) is 16.3 Å². The molecule has 6 nitrogen and oxygen atoms in total. The normalized spacial score (nSPS) is 12.5. The predicted molar refractivity (Wildman–Crippen MR) is 92.3 cm³/mol. The van der Waals surface area contributed by atoms with Gasteiger partial charge in [-0.2, -0.15) is 13.8 Å². The highest BCUT2D eigenvalue weighted by atomic mass is 32.2. The van der Waals surface area contributed by atoms with Crippen molar-refractivity contribution in [1.29, 1.82) is 0 Å². The monoisotopic (exact) mass is 381 g/mol. The summed E-state index contributed by atoms with van der Waals surface area (Å²) < 4.78 is 58.3. The first kappa shape index (κ1) is 18.2. The number of halogens is 2. The molecule has 0 aliphatic heterocycles. The highest BCUT2D eigenvalue weighted by Crippen LogP contribution is 2.35. The lowest BCUT2D eigenvalue weighted by atomic mass is 10.2. The van der Waals surface area contributed by atoms with Crippen LogP contribution in [0.3, 0.4) is 0 Å². The number of hydrogen-bond acceptors (Lipinski definition) is 5. The van der Waals surface area contributed by atoms with E-state index in [0.29, 0.717) is 11.0 Å².